The number of nitrogens with zero attached hydrogens (tertiary/aromatic N) is 2. The van der Waals surface area contributed by atoms with Crippen LogP contribution in [-0.2, 0) is 23.1 Å². The maximum atomic E-state index is 12.4. The molecule has 1 aliphatic rings. The first-order valence-corrected chi connectivity index (χ1v) is 8.46. The van der Waals surface area contributed by atoms with Gasteiger partial charge in [-0.25, -0.2) is 22.6 Å². The summed E-state index contributed by atoms with van der Waals surface area (Å²) < 4.78 is 34.1. The first-order valence-electron chi connectivity index (χ1n) is 6.98. The number of carboxylic acids is 1. The summed E-state index contributed by atoms with van der Waals surface area (Å²) in [5.41, 5.74) is 0.802. The van der Waals surface area contributed by atoms with Crippen molar-refractivity contribution in [2.45, 2.75) is 24.4 Å². The third kappa shape index (κ3) is 3.20. The second kappa shape index (κ2) is 6.01. The van der Waals surface area contributed by atoms with Crippen molar-refractivity contribution in [3.8, 4) is 5.88 Å². The van der Waals surface area contributed by atoms with E-state index in [1.807, 2.05) is 0 Å². The summed E-state index contributed by atoms with van der Waals surface area (Å²) in [4.78, 5) is 10.8. The van der Waals surface area contributed by atoms with Crippen LogP contribution in [0.2, 0.25) is 0 Å². The van der Waals surface area contributed by atoms with E-state index in [1.165, 1.54) is 23.0 Å². The molecule has 0 radical (unpaired) electrons. The smallest absolute Gasteiger partial charge is 0.335 e. The second-order valence-electron chi connectivity index (χ2n) is 5.07. The fourth-order valence-corrected chi connectivity index (χ4v) is 3.34. The van der Waals surface area contributed by atoms with Gasteiger partial charge < -0.3 is 9.84 Å². The highest BCUT2D eigenvalue weighted by Gasteiger charge is 2.26. The summed E-state index contributed by atoms with van der Waals surface area (Å²) in [6.45, 7) is 1.14. The number of aryl methyl sites for hydroxylation is 1. The number of aromatic nitrogens is 2. The topological polar surface area (TPSA) is 111 Å². The fraction of sp³-hybridized carbons (Fsp3) is 0.286. The van der Waals surface area contributed by atoms with Crippen LogP contribution in [0.15, 0.2) is 35.4 Å². The SMILES string of the molecule is O=C(O)c1ccc(CNS(=O)(=O)c2cnn3c2OCCC3)cc1. The number of ether oxygens (including phenoxy) is 1. The molecule has 1 aromatic heterocycles. The van der Waals surface area contributed by atoms with Gasteiger partial charge >= 0.3 is 5.97 Å². The number of hydrogen-bond acceptors (Lipinski definition) is 5. The van der Waals surface area contributed by atoms with Crippen LogP contribution < -0.4 is 9.46 Å². The molecule has 9 heteroatoms. The molecule has 0 unspecified atom stereocenters. The molecule has 2 aromatic rings. The second-order valence-corrected chi connectivity index (χ2v) is 6.80. The highest BCUT2D eigenvalue weighted by Crippen LogP contribution is 2.26. The number of benzene rings is 1. The largest absolute Gasteiger partial charge is 0.478 e. The minimum atomic E-state index is -3.76. The van der Waals surface area contributed by atoms with E-state index in [9.17, 15) is 13.2 Å². The Balaban J connectivity index is 1.74. The Morgan fingerprint density at radius 1 is 1.35 bits per heavy atom. The van der Waals surface area contributed by atoms with Crippen molar-refractivity contribution >= 4 is 16.0 Å². The van der Waals surface area contributed by atoms with Crippen molar-refractivity contribution in [2.24, 2.45) is 0 Å². The Morgan fingerprint density at radius 2 is 2.09 bits per heavy atom. The Kier molecular flexibility index (Phi) is 4.05. The molecular formula is C14H15N3O5S. The van der Waals surface area contributed by atoms with Gasteiger partial charge in [-0.15, -0.1) is 0 Å². The lowest BCUT2D eigenvalue weighted by atomic mass is 10.1. The highest BCUT2D eigenvalue weighted by atomic mass is 32.2. The van der Waals surface area contributed by atoms with E-state index < -0.39 is 16.0 Å². The van der Waals surface area contributed by atoms with Gasteiger partial charge in [0, 0.05) is 19.5 Å². The van der Waals surface area contributed by atoms with Gasteiger partial charge in [-0.1, -0.05) is 12.1 Å². The van der Waals surface area contributed by atoms with Crippen LogP contribution in [0.1, 0.15) is 22.3 Å². The molecule has 0 aliphatic carbocycles. The molecule has 122 valence electrons. The van der Waals surface area contributed by atoms with Gasteiger partial charge in [0.15, 0.2) is 4.90 Å². The first kappa shape index (κ1) is 15.5. The first-order chi connectivity index (χ1) is 11.0. The normalized spacial score (nSPS) is 14.1. The van der Waals surface area contributed by atoms with Crippen LogP contribution in [0.4, 0.5) is 0 Å². The third-order valence-corrected chi connectivity index (χ3v) is 4.85. The lowest BCUT2D eigenvalue weighted by Gasteiger charge is -2.16. The summed E-state index contributed by atoms with van der Waals surface area (Å²) in [5, 5.41) is 12.9. The number of aromatic carboxylic acids is 1. The van der Waals surface area contributed by atoms with Crippen LogP contribution in [-0.4, -0.2) is 35.9 Å². The molecule has 2 N–H and O–H groups in total. The van der Waals surface area contributed by atoms with Crippen molar-refractivity contribution in [3.63, 3.8) is 0 Å². The van der Waals surface area contributed by atoms with Crippen molar-refractivity contribution < 1.29 is 23.1 Å². The maximum absolute atomic E-state index is 12.4. The molecule has 3 rings (SSSR count). The number of carboxylic acid groups (broad SMARTS) is 1. The lowest BCUT2D eigenvalue weighted by Crippen LogP contribution is -2.24. The van der Waals surface area contributed by atoms with Crippen molar-refractivity contribution in [3.05, 3.63) is 41.6 Å². The van der Waals surface area contributed by atoms with Gasteiger partial charge in [0.1, 0.15) is 0 Å². The zero-order valence-corrected chi connectivity index (χ0v) is 12.9. The quantitative estimate of drug-likeness (QED) is 0.836. The molecule has 1 aromatic carbocycles. The van der Waals surface area contributed by atoms with E-state index in [-0.39, 0.29) is 22.9 Å². The molecule has 0 fully saturated rings. The van der Waals surface area contributed by atoms with Gasteiger partial charge in [0.25, 0.3) is 0 Å². The molecule has 8 nitrogen and oxygen atoms in total. The molecule has 0 saturated carbocycles. The van der Waals surface area contributed by atoms with E-state index in [2.05, 4.69) is 9.82 Å². The van der Waals surface area contributed by atoms with Crippen LogP contribution >= 0.6 is 0 Å². The Morgan fingerprint density at radius 3 is 2.78 bits per heavy atom. The van der Waals surface area contributed by atoms with Gasteiger partial charge in [-0.3, -0.25) is 0 Å². The van der Waals surface area contributed by atoms with E-state index in [0.717, 1.165) is 6.42 Å². The summed E-state index contributed by atoms with van der Waals surface area (Å²) in [6.07, 6.45) is 2.06. The highest BCUT2D eigenvalue weighted by molar-refractivity contribution is 7.89. The van der Waals surface area contributed by atoms with Crippen LogP contribution in [0.5, 0.6) is 5.88 Å². The molecule has 2 heterocycles. The van der Waals surface area contributed by atoms with Crippen molar-refractivity contribution in [1.29, 1.82) is 0 Å². The number of hydrogen-bond donors (Lipinski definition) is 2. The summed E-state index contributed by atoms with van der Waals surface area (Å²) in [5.74, 6) is -0.772. The zero-order valence-electron chi connectivity index (χ0n) is 12.1. The predicted octanol–water partition coefficient (Wildman–Crippen LogP) is 0.842. The van der Waals surface area contributed by atoms with Gasteiger partial charge in [-0.05, 0) is 17.7 Å². The summed E-state index contributed by atoms with van der Waals surface area (Å²) >= 11 is 0. The van der Waals surface area contributed by atoms with Crippen LogP contribution in [0.25, 0.3) is 0 Å². The monoisotopic (exact) mass is 337 g/mol. The minimum Gasteiger partial charge on any atom is -0.478 e. The number of sulfonamides is 1. The fourth-order valence-electron chi connectivity index (χ4n) is 2.25. The Bertz CT molecular complexity index is 827. The summed E-state index contributed by atoms with van der Waals surface area (Å²) in [7, 11) is -3.76. The van der Waals surface area contributed by atoms with Crippen molar-refractivity contribution in [2.75, 3.05) is 6.61 Å². The maximum Gasteiger partial charge on any atom is 0.335 e. The van der Waals surface area contributed by atoms with Gasteiger partial charge in [0.05, 0.1) is 18.4 Å². The van der Waals surface area contributed by atoms with Gasteiger partial charge in [0.2, 0.25) is 15.9 Å². The number of rotatable bonds is 5. The standard InChI is InChI=1S/C14H15N3O5S/c18-14(19)11-4-2-10(3-5-11)8-16-23(20,21)12-9-15-17-6-1-7-22-13(12)17/h2-5,9,16H,1,6-8H2,(H,18,19). The van der Waals surface area contributed by atoms with E-state index in [4.69, 9.17) is 9.84 Å². The number of nitrogens with one attached hydrogen (secondary N) is 1. The third-order valence-electron chi connectivity index (χ3n) is 3.47. The average Bonchev–Trinajstić information content (AvgIpc) is 2.98. The predicted molar refractivity (Wildman–Crippen MR) is 79.8 cm³/mol. The lowest BCUT2D eigenvalue weighted by molar-refractivity contribution is 0.0697. The molecule has 0 spiro atoms. The molecular weight excluding hydrogens is 322 g/mol. The van der Waals surface area contributed by atoms with Crippen LogP contribution in [0, 0.1) is 0 Å². The number of fused-ring (bicyclic) bond motifs is 1. The van der Waals surface area contributed by atoms with E-state index in [1.54, 1.807) is 12.1 Å². The molecule has 23 heavy (non-hydrogen) atoms. The Labute approximate surface area is 132 Å². The zero-order chi connectivity index (χ0) is 16.4. The average molecular weight is 337 g/mol. The minimum absolute atomic E-state index is 0.0133. The molecule has 0 bridgehead atoms. The molecule has 0 saturated heterocycles. The molecule has 0 atom stereocenters. The van der Waals surface area contributed by atoms with E-state index in [0.29, 0.717) is 18.7 Å². The summed E-state index contributed by atoms with van der Waals surface area (Å²) in [6, 6.07) is 5.99. The van der Waals surface area contributed by atoms with Crippen molar-refractivity contribution in [1.82, 2.24) is 14.5 Å². The van der Waals surface area contributed by atoms with Gasteiger partial charge in [-0.2, -0.15) is 5.10 Å². The van der Waals surface area contributed by atoms with Crippen LogP contribution in [0.3, 0.4) is 0 Å². The number of carbonyl (C=O) groups is 1. The molecule has 0 amide bonds. The van der Waals surface area contributed by atoms with E-state index >= 15 is 0 Å². The Hall–Kier alpha value is -2.39. The molecule has 1 aliphatic heterocycles.